The summed E-state index contributed by atoms with van der Waals surface area (Å²) in [5.41, 5.74) is 7.61. The molecule has 0 unspecified atom stereocenters. The molecule has 0 bridgehead atoms. The first-order valence-corrected chi connectivity index (χ1v) is 14.5. The standard InChI is InChI=1S/C31H54N2O5/c1-21(2)24(17-23-11-12-28(37-7)29(18-23)38-16-10-15-36-6)19-26(32)27(34)20-25(22(3)4)30(35)33-31(5)13-8-9-14-31/h11-12,18,21-22,24-27,34H,8-10,13-17,19-20,32H2,1-7H3,(H,33,35)/t24-,25-,26-,27-/m0/s1. The number of benzene rings is 1. The summed E-state index contributed by atoms with van der Waals surface area (Å²) in [6, 6.07) is 5.66. The van der Waals surface area contributed by atoms with Gasteiger partial charge in [-0.3, -0.25) is 4.79 Å². The van der Waals surface area contributed by atoms with Crippen LogP contribution in [0.5, 0.6) is 11.5 Å². The van der Waals surface area contributed by atoms with Gasteiger partial charge in [0.2, 0.25) is 5.91 Å². The van der Waals surface area contributed by atoms with E-state index in [-0.39, 0.29) is 29.2 Å². The zero-order valence-corrected chi connectivity index (χ0v) is 24.9. The third-order valence-electron chi connectivity index (χ3n) is 8.26. The van der Waals surface area contributed by atoms with Crippen molar-refractivity contribution in [2.45, 2.75) is 104 Å². The van der Waals surface area contributed by atoms with Crippen molar-refractivity contribution in [1.29, 1.82) is 0 Å². The molecule has 1 aliphatic carbocycles. The summed E-state index contributed by atoms with van der Waals surface area (Å²) in [5.74, 6) is 2.02. The fourth-order valence-corrected chi connectivity index (χ4v) is 5.53. The van der Waals surface area contributed by atoms with Crippen molar-refractivity contribution < 1.29 is 24.1 Å². The van der Waals surface area contributed by atoms with Crippen LogP contribution in [0.4, 0.5) is 0 Å². The largest absolute Gasteiger partial charge is 0.493 e. The van der Waals surface area contributed by atoms with Crippen LogP contribution in [-0.4, -0.2) is 56.1 Å². The van der Waals surface area contributed by atoms with E-state index >= 15 is 0 Å². The minimum Gasteiger partial charge on any atom is -0.493 e. The molecule has 0 heterocycles. The predicted octanol–water partition coefficient (Wildman–Crippen LogP) is 5.11. The smallest absolute Gasteiger partial charge is 0.223 e. The minimum absolute atomic E-state index is 0.0484. The van der Waals surface area contributed by atoms with Gasteiger partial charge in [-0.05, 0) is 74.5 Å². The fourth-order valence-electron chi connectivity index (χ4n) is 5.53. The quantitative estimate of drug-likeness (QED) is 0.240. The van der Waals surface area contributed by atoms with Crippen LogP contribution in [0.15, 0.2) is 18.2 Å². The second kappa shape index (κ2) is 15.7. The maximum absolute atomic E-state index is 13.2. The molecular formula is C31H54N2O5. The van der Waals surface area contributed by atoms with Crippen LogP contribution in [0, 0.1) is 23.7 Å². The van der Waals surface area contributed by atoms with E-state index in [4.69, 9.17) is 19.9 Å². The number of hydrogen-bond donors (Lipinski definition) is 3. The highest BCUT2D eigenvalue weighted by Crippen LogP contribution is 2.33. The number of nitrogens with one attached hydrogen (secondary N) is 1. The van der Waals surface area contributed by atoms with Crippen molar-refractivity contribution in [3.05, 3.63) is 23.8 Å². The van der Waals surface area contributed by atoms with Gasteiger partial charge >= 0.3 is 0 Å². The van der Waals surface area contributed by atoms with Crippen molar-refractivity contribution in [2.75, 3.05) is 27.4 Å². The van der Waals surface area contributed by atoms with Crippen molar-refractivity contribution in [3.8, 4) is 11.5 Å². The lowest BCUT2D eigenvalue weighted by Gasteiger charge is -2.32. The molecule has 1 aliphatic rings. The highest BCUT2D eigenvalue weighted by Gasteiger charge is 2.35. The molecule has 1 aromatic carbocycles. The zero-order valence-electron chi connectivity index (χ0n) is 24.9. The lowest BCUT2D eigenvalue weighted by molar-refractivity contribution is -0.129. The SMILES string of the molecule is COCCCOc1cc(C[C@@H](C[C@H](N)[C@@H](O)C[C@H](C(=O)NC2(C)CCCC2)C(C)C)C(C)C)ccc1OC. The van der Waals surface area contributed by atoms with Crippen LogP contribution < -0.4 is 20.5 Å². The van der Waals surface area contributed by atoms with Crippen LogP contribution in [0.25, 0.3) is 0 Å². The number of nitrogens with two attached hydrogens (primary N) is 1. The number of methoxy groups -OCH3 is 2. The molecule has 218 valence electrons. The number of hydrogen-bond acceptors (Lipinski definition) is 6. The lowest BCUT2D eigenvalue weighted by Crippen LogP contribution is -2.49. The highest BCUT2D eigenvalue weighted by atomic mass is 16.5. The molecular weight excluding hydrogens is 480 g/mol. The van der Waals surface area contributed by atoms with Gasteiger partial charge in [-0.1, -0.05) is 46.6 Å². The molecule has 0 aliphatic heterocycles. The normalized spacial score (nSPS) is 18.3. The fraction of sp³-hybridized carbons (Fsp3) is 0.774. The van der Waals surface area contributed by atoms with Gasteiger partial charge in [0.25, 0.3) is 0 Å². The first-order chi connectivity index (χ1) is 18.0. The maximum Gasteiger partial charge on any atom is 0.223 e. The van der Waals surface area contributed by atoms with E-state index in [2.05, 4.69) is 46.0 Å². The Morgan fingerprint density at radius 3 is 2.32 bits per heavy atom. The van der Waals surface area contributed by atoms with Gasteiger partial charge in [-0.2, -0.15) is 0 Å². The number of rotatable bonds is 17. The molecule has 4 N–H and O–H groups in total. The molecule has 1 fully saturated rings. The number of carbonyl (C=O) groups excluding carboxylic acids is 1. The van der Waals surface area contributed by atoms with E-state index in [1.807, 2.05) is 12.1 Å². The van der Waals surface area contributed by atoms with Gasteiger partial charge in [0, 0.05) is 37.6 Å². The number of aliphatic hydroxyl groups is 1. The zero-order chi connectivity index (χ0) is 28.3. The molecule has 1 aromatic rings. The van der Waals surface area contributed by atoms with Crippen LogP contribution in [-0.2, 0) is 16.0 Å². The molecule has 7 heteroatoms. The van der Waals surface area contributed by atoms with Crippen molar-refractivity contribution in [1.82, 2.24) is 5.32 Å². The molecule has 4 atom stereocenters. The van der Waals surface area contributed by atoms with Crippen LogP contribution in [0.2, 0.25) is 0 Å². The topological polar surface area (TPSA) is 103 Å². The van der Waals surface area contributed by atoms with Crippen LogP contribution in [0.3, 0.4) is 0 Å². The Bertz CT molecular complexity index is 838. The molecule has 0 aromatic heterocycles. The minimum atomic E-state index is -0.735. The highest BCUT2D eigenvalue weighted by molar-refractivity contribution is 5.79. The van der Waals surface area contributed by atoms with E-state index in [0.717, 1.165) is 49.8 Å². The Hall–Kier alpha value is -1.83. The Labute approximate surface area is 231 Å². The average Bonchev–Trinajstić information content (AvgIpc) is 3.29. The van der Waals surface area contributed by atoms with Gasteiger partial charge in [0.05, 0.1) is 19.8 Å². The third-order valence-corrected chi connectivity index (χ3v) is 8.26. The van der Waals surface area contributed by atoms with Gasteiger partial charge in [-0.25, -0.2) is 0 Å². The number of aliphatic hydroxyl groups excluding tert-OH is 1. The number of ether oxygens (including phenoxy) is 3. The molecule has 0 saturated heterocycles. The number of amides is 1. The van der Waals surface area contributed by atoms with E-state index in [1.54, 1.807) is 14.2 Å². The van der Waals surface area contributed by atoms with Crippen molar-refractivity contribution >= 4 is 5.91 Å². The second-order valence-corrected chi connectivity index (χ2v) is 12.2. The van der Waals surface area contributed by atoms with Gasteiger partial charge in [0.1, 0.15) is 0 Å². The van der Waals surface area contributed by atoms with Gasteiger partial charge in [0.15, 0.2) is 11.5 Å². The average molecular weight is 535 g/mol. The number of carbonyl (C=O) groups is 1. The van der Waals surface area contributed by atoms with Gasteiger partial charge < -0.3 is 30.4 Å². The Morgan fingerprint density at radius 2 is 1.74 bits per heavy atom. The molecule has 2 rings (SSSR count). The van der Waals surface area contributed by atoms with E-state index < -0.39 is 12.1 Å². The summed E-state index contributed by atoms with van der Waals surface area (Å²) in [6.45, 7) is 11.8. The summed E-state index contributed by atoms with van der Waals surface area (Å²) in [6.07, 6.45) is 6.31. The third kappa shape index (κ3) is 10.0. The summed E-state index contributed by atoms with van der Waals surface area (Å²) in [4.78, 5) is 13.2. The van der Waals surface area contributed by atoms with Gasteiger partial charge in [-0.15, -0.1) is 0 Å². The van der Waals surface area contributed by atoms with E-state index in [1.165, 1.54) is 0 Å². The summed E-state index contributed by atoms with van der Waals surface area (Å²) >= 11 is 0. The Balaban J connectivity index is 2.02. The van der Waals surface area contributed by atoms with E-state index in [0.29, 0.717) is 37.7 Å². The Morgan fingerprint density at radius 1 is 1.05 bits per heavy atom. The lowest BCUT2D eigenvalue weighted by atomic mass is 9.80. The summed E-state index contributed by atoms with van der Waals surface area (Å²) in [5, 5.41) is 14.4. The first-order valence-electron chi connectivity index (χ1n) is 14.5. The molecule has 1 amide bonds. The summed E-state index contributed by atoms with van der Waals surface area (Å²) < 4.78 is 16.6. The van der Waals surface area contributed by atoms with Crippen molar-refractivity contribution in [3.63, 3.8) is 0 Å². The molecule has 38 heavy (non-hydrogen) atoms. The monoisotopic (exact) mass is 534 g/mol. The summed E-state index contributed by atoms with van der Waals surface area (Å²) in [7, 11) is 3.33. The van der Waals surface area contributed by atoms with E-state index in [9.17, 15) is 9.90 Å². The molecule has 1 saturated carbocycles. The second-order valence-electron chi connectivity index (χ2n) is 12.2. The van der Waals surface area contributed by atoms with Crippen LogP contribution in [0.1, 0.15) is 85.1 Å². The van der Waals surface area contributed by atoms with Crippen molar-refractivity contribution in [2.24, 2.45) is 29.4 Å². The predicted molar refractivity (Wildman–Crippen MR) is 154 cm³/mol. The van der Waals surface area contributed by atoms with Crippen LogP contribution >= 0.6 is 0 Å². The molecule has 0 spiro atoms. The maximum atomic E-state index is 13.2. The molecule has 7 nitrogen and oxygen atoms in total. The molecule has 0 radical (unpaired) electrons. The first kappa shape index (κ1) is 32.4. The Kier molecular flexibility index (Phi) is 13.4.